The summed E-state index contributed by atoms with van der Waals surface area (Å²) in [6.45, 7) is 0.520. The van der Waals surface area contributed by atoms with Crippen LogP contribution in [0.15, 0.2) is 48.7 Å². The molecule has 3 aromatic rings. The Labute approximate surface area is 137 Å². The van der Waals surface area contributed by atoms with Gasteiger partial charge in [-0.3, -0.25) is 4.98 Å². The molecule has 0 unspecified atom stereocenters. The van der Waals surface area contributed by atoms with Gasteiger partial charge < -0.3 is 5.32 Å². The van der Waals surface area contributed by atoms with Crippen molar-refractivity contribution in [2.45, 2.75) is 6.54 Å². The van der Waals surface area contributed by atoms with Gasteiger partial charge in [0.05, 0.1) is 16.2 Å². The second kappa shape index (κ2) is 6.10. The molecular formula is C16H11Cl3N2. The summed E-state index contributed by atoms with van der Waals surface area (Å²) in [6, 6.07) is 13.0. The summed E-state index contributed by atoms with van der Waals surface area (Å²) < 4.78 is 0. The largest absolute Gasteiger partial charge is 0.379 e. The van der Waals surface area contributed by atoms with E-state index in [0.29, 0.717) is 21.6 Å². The van der Waals surface area contributed by atoms with Crippen LogP contribution in [0.1, 0.15) is 5.56 Å². The van der Waals surface area contributed by atoms with Crippen molar-refractivity contribution >= 4 is 51.4 Å². The van der Waals surface area contributed by atoms with Gasteiger partial charge in [0.2, 0.25) is 0 Å². The van der Waals surface area contributed by atoms with Crippen LogP contribution < -0.4 is 5.32 Å². The molecule has 0 bridgehead atoms. The molecule has 3 rings (SSSR count). The molecule has 1 N–H and O–H groups in total. The summed E-state index contributed by atoms with van der Waals surface area (Å²) in [5, 5.41) is 6.19. The zero-order valence-electron chi connectivity index (χ0n) is 10.9. The highest BCUT2D eigenvalue weighted by molar-refractivity contribution is 6.36. The predicted molar refractivity (Wildman–Crippen MR) is 90.5 cm³/mol. The van der Waals surface area contributed by atoms with Crippen LogP contribution in [-0.4, -0.2) is 4.98 Å². The van der Waals surface area contributed by atoms with E-state index in [9.17, 15) is 0 Å². The number of halogens is 3. The van der Waals surface area contributed by atoms with Crippen molar-refractivity contribution in [1.29, 1.82) is 0 Å². The Bertz CT molecular complexity index is 782. The molecule has 2 nitrogen and oxygen atoms in total. The number of nitrogens with one attached hydrogen (secondary N) is 1. The number of hydrogen-bond acceptors (Lipinski definition) is 2. The smallest absolute Gasteiger partial charge is 0.0948 e. The number of aromatic nitrogens is 1. The minimum absolute atomic E-state index is 0.520. The molecular weight excluding hydrogens is 327 g/mol. The molecule has 0 atom stereocenters. The molecule has 1 aromatic heterocycles. The zero-order chi connectivity index (χ0) is 14.8. The molecule has 0 fully saturated rings. The van der Waals surface area contributed by atoms with E-state index in [1.807, 2.05) is 42.5 Å². The predicted octanol–water partition coefficient (Wildman–Crippen LogP) is 5.81. The fraction of sp³-hybridized carbons (Fsp3) is 0.0625. The topological polar surface area (TPSA) is 24.9 Å². The summed E-state index contributed by atoms with van der Waals surface area (Å²) in [4.78, 5) is 4.39. The average molecular weight is 338 g/mol. The maximum atomic E-state index is 6.19. The molecule has 21 heavy (non-hydrogen) atoms. The van der Waals surface area contributed by atoms with E-state index >= 15 is 0 Å². The lowest BCUT2D eigenvalue weighted by atomic mass is 10.1. The van der Waals surface area contributed by atoms with Crippen molar-refractivity contribution in [2.75, 3.05) is 5.32 Å². The molecule has 0 aliphatic carbocycles. The summed E-state index contributed by atoms with van der Waals surface area (Å²) in [6.07, 6.45) is 1.74. The first-order chi connectivity index (χ1) is 10.2. The van der Waals surface area contributed by atoms with Crippen molar-refractivity contribution < 1.29 is 0 Å². The van der Waals surface area contributed by atoms with Crippen molar-refractivity contribution in [3.8, 4) is 0 Å². The molecule has 2 aromatic carbocycles. The summed E-state index contributed by atoms with van der Waals surface area (Å²) in [5.41, 5.74) is 2.58. The number of pyridine rings is 1. The van der Waals surface area contributed by atoms with Crippen LogP contribution in [0.25, 0.3) is 10.9 Å². The fourth-order valence-corrected chi connectivity index (χ4v) is 2.91. The summed E-state index contributed by atoms with van der Waals surface area (Å²) in [7, 11) is 0. The maximum absolute atomic E-state index is 6.19. The Morgan fingerprint density at radius 3 is 2.38 bits per heavy atom. The molecule has 0 amide bonds. The number of benzene rings is 2. The minimum atomic E-state index is 0.520. The fourth-order valence-electron chi connectivity index (χ4n) is 2.17. The van der Waals surface area contributed by atoms with Crippen molar-refractivity contribution in [3.63, 3.8) is 0 Å². The van der Waals surface area contributed by atoms with Crippen molar-refractivity contribution in [3.05, 3.63) is 69.3 Å². The second-order valence-electron chi connectivity index (χ2n) is 4.55. The van der Waals surface area contributed by atoms with Gasteiger partial charge in [-0.15, -0.1) is 0 Å². The molecule has 0 aliphatic rings. The van der Waals surface area contributed by atoms with E-state index in [2.05, 4.69) is 10.3 Å². The van der Waals surface area contributed by atoms with E-state index in [-0.39, 0.29) is 0 Å². The first-order valence-electron chi connectivity index (χ1n) is 6.37. The standard InChI is InChI=1S/C16H11Cl3N2/c17-12-4-1-5-13(18)11(12)9-21-15-7-6-14(19)10-3-2-8-20-16(10)15/h1-8,21H,9H2. The molecule has 0 spiro atoms. The number of hydrogen-bond donors (Lipinski definition) is 1. The SMILES string of the molecule is Clc1cccc(Cl)c1CNc1ccc(Cl)c2cccnc12. The van der Waals surface area contributed by atoms with Gasteiger partial charge in [0.1, 0.15) is 0 Å². The third-order valence-corrected chi connectivity index (χ3v) is 4.27. The first-order valence-corrected chi connectivity index (χ1v) is 7.50. The van der Waals surface area contributed by atoms with Crippen LogP contribution in [0.4, 0.5) is 5.69 Å². The van der Waals surface area contributed by atoms with Gasteiger partial charge in [-0.25, -0.2) is 0 Å². The first kappa shape index (κ1) is 14.5. The lowest BCUT2D eigenvalue weighted by molar-refractivity contribution is 1.15. The molecule has 5 heteroatoms. The molecule has 0 saturated heterocycles. The number of fused-ring (bicyclic) bond motifs is 1. The Morgan fingerprint density at radius 2 is 1.62 bits per heavy atom. The van der Waals surface area contributed by atoms with Gasteiger partial charge in [0.25, 0.3) is 0 Å². The lowest BCUT2D eigenvalue weighted by Gasteiger charge is -2.12. The second-order valence-corrected chi connectivity index (χ2v) is 5.77. The number of anilines is 1. The highest BCUT2D eigenvalue weighted by Gasteiger charge is 2.08. The average Bonchev–Trinajstić information content (AvgIpc) is 2.49. The molecule has 0 aliphatic heterocycles. The van der Waals surface area contributed by atoms with E-state index < -0.39 is 0 Å². The Kier molecular flexibility index (Phi) is 4.20. The van der Waals surface area contributed by atoms with Gasteiger partial charge in [-0.1, -0.05) is 40.9 Å². The Hall–Kier alpha value is -1.48. The van der Waals surface area contributed by atoms with Crippen LogP contribution >= 0.6 is 34.8 Å². The Balaban J connectivity index is 1.94. The van der Waals surface area contributed by atoms with Gasteiger partial charge in [-0.2, -0.15) is 0 Å². The highest BCUT2D eigenvalue weighted by atomic mass is 35.5. The van der Waals surface area contributed by atoms with E-state index in [1.54, 1.807) is 6.20 Å². The maximum Gasteiger partial charge on any atom is 0.0948 e. The molecule has 0 radical (unpaired) electrons. The monoisotopic (exact) mass is 336 g/mol. The minimum Gasteiger partial charge on any atom is -0.379 e. The third-order valence-electron chi connectivity index (χ3n) is 3.23. The van der Waals surface area contributed by atoms with Crippen LogP contribution in [0.3, 0.4) is 0 Å². The van der Waals surface area contributed by atoms with Gasteiger partial charge in [0.15, 0.2) is 0 Å². The number of rotatable bonds is 3. The summed E-state index contributed by atoms with van der Waals surface area (Å²) in [5.74, 6) is 0. The van der Waals surface area contributed by atoms with E-state index in [4.69, 9.17) is 34.8 Å². The van der Waals surface area contributed by atoms with Crippen LogP contribution in [0, 0.1) is 0 Å². The van der Waals surface area contributed by atoms with Crippen LogP contribution in [0.5, 0.6) is 0 Å². The Morgan fingerprint density at radius 1 is 0.857 bits per heavy atom. The molecule has 0 saturated carbocycles. The quantitative estimate of drug-likeness (QED) is 0.652. The molecule has 1 heterocycles. The van der Waals surface area contributed by atoms with E-state index in [0.717, 1.165) is 22.2 Å². The van der Waals surface area contributed by atoms with Crippen molar-refractivity contribution in [1.82, 2.24) is 4.98 Å². The number of nitrogens with zero attached hydrogens (tertiary/aromatic N) is 1. The lowest BCUT2D eigenvalue weighted by Crippen LogP contribution is -2.02. The van der Waals surface area contributed by atoms with Gasteiger partial charge >= 0.3 is 0 Å². The third kappa shape index (κ3) is 2.93. The van der Waals surface area contributed by atoms with Crippen LogP contribution in [0.2, 0.25) is 15.1 Å². The summed E-state index contributed by atoms with van der Waals surface area (Å²) >= 11 is 18.5. The highest BCUT2D eigenvalue weighted by Crippen LogP contribution is 2.30. The van der Waals surface area contributed by atoms with Gasteiger partial charge in [0, 0.05) is 33.7 Å². The van der Waals surface area contributed by atoms with Crippen molar-refractivity contribution in [2.24, 2.45) is 0 Å². The normalized spacial score (nSPS) is 10.8. The molecule has 106 valence electrons. The van der Waals surface area contributed by atoms with Gasteiger partial charge in [-0.05, 0) is 36.4 Å². The van der Waals surface area contributed by atoms with Crippen LogP contribution in [-0.2, 0) is 6.54 Å². The van der Waals surface area contributed by atoms with E-state index in [1.165, 1.54) is 0 Å². The zero-order valence-corrected chi connectivity index (χ0v) is 13.2.